The van der Waals surface area contributed by atoms with Crippen molar-refractivity contribution in [3.63, 3.8) is 0 Å². The van der Waals surface area contributed by atoms with E-state index in [0.29, 0.717) is 5.92 Å². The van der Waals surface area contributed by atoms with Crippen molar-refractivity contribution < 1.29 is 9.53 Å². The van der Waals surface area contributed by atoms with Crippen LogP contribution < -0.4 is 5.32 Å². The van der Waals surface area contributed by atoms with Crippen LogP contribution in [0, 0.1) is 5.92 Å². The molecule has 1 amide bonds. The average molecular weight is 281 g/mol. The molecule has 1 N–H and O–H groups in total. The van der Waals surface area contributed by atoms with Gasteiger partial charge in [-0.25, -0.2) is 0 Å². The van der Waals surface area contributed by atoms with Gasteiger partial charge in [-0.15, -0.1) is 0 Å². The molecule has 1 rings (SSSR count). The van der Waals surface area contributed by atoms with Crippen molar-refractivity contribution in [1.82, 2.24) is 5.32 Å². The summed E-state index contributed by atoms with van der Waals surface area (Å²) in [5.74, 6) is 0.756. The Morgan fingerprint density at radius 3 is 2.80 bits per heavy atom. The second-order valence-electron chi connectivity index (χ2n) is 5.97. The maximum absolute atomic E-state index is 11.8. The number of unbranched alkanes of at least 4 members (excludes halogenated alkanes) is 2. The van der Waals surface area contributed by atoms with Crippen LogP contribution in [0.3, 0.4) is 0 Å². The van der Waals surface area contributed by atoms with Gasteiger partial charge >= 0.3 is 0 Å². The van der Waals surface area contributed by atoms with E-state index in [2.05, 4.69) is 31.3 Å². The van der Waals surface area contributed by atoms with E-state index in [9.17, 15) is 4.79 Å². The van der Waals surface area contributed by atoms with Crippen LogP contribution in [-0.4, -0.2) is 24.7 Å². The van der Waals surface area contributed by atoms with Crippen molar-refractivity contribution in [2.75, 3.05) is 6.54 Å². The summed E-state index contributed by atoms with van der Waals surface area (Å²) in [5, 5.41) is 2.99. The molecule has 1 heterocycles. The van der Waals surface area contributed by atoms with Gasteiger partial charge in [-0.2, -0.15) is 0 Å². The molecule has 3 heteroatoms. The largest absolute Gasteiger partial charge is 0.365 e. The molecule has 0 saturated carbocycles. The normalized spacial score (nSPS) is 24.1. The van der Waals surface area contributed by atoms with Crippen molar-refractivity contribution in [2.24, 2.45) is 5.92 Å². The molecule has 0 spiro atoms. The fourth-order valence-corrected chi connectivity index (χ4v) is 2.55. The summed E-state index contributed by atoms with van der Waals surface area (Å²) >= 11 is 0. The van der Waals surface area contributed by atoms with Crippen LogP contribution in [0.15, 0.2) is 12.2 Å². The van der Waals surface area contributed by atoms with Crippen LogP contribution in [0.1, 0.15) is 65.7 Å². The lowest BCUT2D eigenvalue weighted by Gasteiger charge is -2.11. The van der Waals surface area contributed by atoms with Gasteiger partial charge in [0.2, 0.25) is 5.91 Å². The number of allylic oxidation sites excluding steroid dienone is 2. The average Bonchev–Trinajstić information content (AvgIpc) is 2.86. The van der Waals surface area contributed by atoms with Crippen molar-refractivity contribution in [1.29, 1.82) is 0 Å². The number of amides is 1. The molecular formula is C17H31NO2. The van der Waals surface area contributed by atoms with E-state index < -0.39 is 0 Å². The molecule has 20 heavy (non-hydrogen) atoms. The first-order valence-electron chi connectivity index (χ1n) is 8.23. The third kappa shape index (κ3) is 7.09. The summed E-state index contributed by atoms with van der Waals surface area (Å²) < 4.78 is 5.55. The highest BCUT2D eigenvalue weighted by Gasteiger charge is 2.27. The van der Waals surface area contributed by atoms with Crippen LogP contribution in [0.5, 0.6) is 0 Å². The topological polar surface area (TPSA) is 38.3 Å². The van der Waals surface area contributed by atoms with E-state index in [1.807, 2.05) is 6.92 Å². The van der Waals surface area contributed by atoms with Gasteiger partial charge in [-0.3, -0.25) is 4.79 Å². The summed E-state index contributed by atoms with van der Waals surface area (Å²) in [6.07, 6.45) is 12.3. The molecule has 0 aromatic heterocycles. The first-order valence-corrected chi connectivity index (χ1v) is 8.23. The van der Waals surface area contributed by atoms with Gasteiger partial charge in [-0.05, 0) is 44.9 Å². The third-order valence-electron chi connectivity index (χ3n) is 3.86. The summed E-state index contributed by atoms with van der Waals surface area (Å²) in [4.78, 5) is 11.8. The molecular weight excluding hydrogens is 250 g/mol. The van der Waals surface area contributed by atoms with E-state index in [4.69, 9.17) is 4.74 Å². The van der Waals surface area contributed by atoms with Gasteiger partial charge in [0.05, 0.1) is 6.10 Å². The van der Waals surface area contributed by atoms with Crippen LogP contribution in [0.25, 0.3) is 0 Å². The zero-order chi connectivity index (χ0) is 14.8. The number of hydrogen-bond donors (Lipinski definition) is 1. The standard InChI is InChI=1S/C17H31NO2/c1-4-5-9-14(2)10-7-6-8-13-18-17(19)16-12-11-15(3)20-16/h5,9,14-16H,4,6-8,10-13H2,1-3H3,(H,18,19)/b9-5-/t14?,15-,16-/m1/s1. The SMILES string of the molecule is CC/C=C\C(C)CCCCCNC(=O)[C@H]1CC[C@@H](C)O1. The van der Waals surface area contributed by atoms with Crippen LogP contribution in [-0.2, 0) is 9.53 Å². The van der Waals surface area contributed by atoms with E-state index in [1.54, 1.807) is 0 Å². The summed E-state index contributed by atoms with van der Waals surface area (Å²) in [6, 6.07) is 0. The quantitative estimate of drug-likeness (QED) is 0.515. The van der Waals surface area contributed by atoms with E-state index in [1.165, 1.54) is 19.3 Å². The molecule has 1 aliphatic rings. The zero-order valence-electron chi connectivity index (χ0n) is 13.4. The minimum atomic E-state index is -0.204. The Balaban J connectivity index is 1.97. The fourth-order valence-electron chi connectivity index (χ4n) is 2.55. The molecule has 1 fully saturated rings. The maximum Gasteiger partial charge on any atom is 0.249 e. The molecule has 0 aromatic carbocycles. The van der Waals surface area contributed by atoms with Crippen LogP contribution in [0.4, 0.5) is 0 Å². The van der Waals surface area contributed by atoms with E-state index in [0.717, 1.165) is 32.2 Å². The van der Waals surface area contributed by atoms with Gasteiger partial charge in [0.25, 0.3) is 0 Å². The predicted molar refractivity (Wildman–Crippen MR) is 83.6 cm³/mol. The van der Waals surface area contributed by atoms with Crippen LogP contribution in [0.2, 0.25) is 0 Å². The fraction of sp³-hybridized carbons (Fsp3) is 0.824. The molecule has 0 bridgehead atoms. The Hall–Kier alpha value is -0.830. The van der Waals surface area contributed by atoms with Gasteiger partial charge in [0.1, 0.15) is 6.10 Å². The van der Waals surface area contributed by atoms with Gasteiger partial charge < -0.3 is 10.1 Å². The predicted octanol–water partition coefficient (Wildman–Crippen LogP) is 3.83. The van der Waals surface area contributed by atoms with Gasteiger partial charge in [0.15, 0.2) is 0 Å². The number of hydrogen-bond acceptors (Lipinski definition) is 2. The maximum atomic E-state index is 11.8. The summed E-state index contributed by atoms with van der Waals surface area (Å²) in [6.45, 7) is 7.25. The van der Waals surface area contributed by atoms with Crippen molar-refractivity contribution in [3.05, 3.63) is 12.2 Å². The lowest BCUT2D eigenvalue weighted by atomic mass is 10.0. The Morgan fingerprint density at radius 2 is 2.15 bits per heavy atom. The highest BCUT2D eigenvalue weighted by atomic mass is 16.5. The number of rotatable bonds is 9. The van der Waals surface area contributed by atoms with Gasteiger partial charge in [-0.1, -0.05) is 38.8 Å². The number of carbonyl (C=O) groups excluding carboxylic acids is 1. The van der Waals surface area contributed by atoms with E-state index in [-0.39, 0.29) is 18.1 Å². The molecule has 116 valence electrons. The molecule has 0 radical (unpaired) electrons. The number of nitrogens with one attached hydrogen (secondary N) is 1. The molecule has 0 aliphatic carbocycles. The molecule has 1 unspecified atom stereocenters. The first kappa shape index (κ1) is 17.2. The molecule has 3 atom stereocenters. The van der Waals surface area contributed by atoms with Crippen molar-refractivity contribution >= 4 is 5.91 Å². The summed E-state index contributed by atoms with van der Waals surface area (Å²) in [5.41, 5.74) is 0. The highest BCUT2D eigenvalue weighted by molar-refractivity contribution is 5.80. The second kappa shape index (κ2) is 9.98. The smallest absolute Gasteiger partial charge is 0.249 e. The lowest BCUT2D eigenvalue weighted by Crippen LogP contribution is -2.35. The monoisotopic (exact) mass is 281 g/mol. The van der Waals surface area contributed by atoms with E-state index >= 15 is 0 Å². The number of carbonyl (C=O) groups is 1. The second-order valence-corrected chi connectivity index (χ2v) is 5.97. The molecule has 0 aromatic rings. The third-order valence-corrected chi connectivity index (χ3v) is 3.86. The Bertz CT molecular complexity index is 301. The van der Waals surface area contributed by atoms with Crippen molar-refractivity contribution in [2.45, 2.75) is 77.9 Å². The minimum absolute atomic E-state index is 0.0774. The molecule has 3 nitrogen and oxygen atoms in total. The Labute approximate surface area is 124 Å². The minimum Gasteiger partial charge on any atom is -0.365 e. The lowest BCUT2D eigenvalue weighted by molar-refractivity contribution is -0.131. The highest BCUT2D eigenvalue weighted by Crippen LogP contribution is 2.19. The Kier molecular flexibility index (Phi) is 8.59. The van der Waals surface area contributed by atoms with Crippen LogP contribution >= 0.6 is 0 Å². The van der Waals surface area contributed by atoms with Gasteiger partial charge in [0, 0.05) is 6.54 Å². The summed E-state index contributed by atoms with van der Waals surface area (Å²) in [7, 11) is 0. The number of ether oxygens (including phenoxy) is 1. The first-order chi connectivity index (χ1) is 9.63. The Morgan fingerprint density at radius 1 is 1.35 bits per heavy atom. The van der Waals surface area contributed by atoms with Crippen molar-refractivity contribution in [3.8, 4) is 0 Å². The molecule has 1 saturated heterocycles. The zero-order valence-corrected chi connectivity index (χ0v) is 13.4. The molecule has 1 aliphatic heterocycles.